The fraction of sp³-hybridized carbons (Fsp3) is 0.125. The summed E-state index contributed by atoms with van der Waals surface area (Å²) in [5.74, 6) is 0.0326. The lowest BCUT2D eigenvalue weighted by molar-refractivity contribution is 0.101. The van der Waals surface area contributed by atoms with Crippen LogP contribution in [0.1, 0.15) is 17.3 Å². The number of carbonyl (C=O) groups is 1. The molecule has 0 bridgehead atoms. The monoisotopic (exact) mass is 316 g/mol. The number of Topliss-reactive ketones (excluding diaryl/α,β-unsaturated/α-hetero) is 1. The Morgan fingerprint density at radius 2 is 1.67 bits per heavy atom. The molecule has 0 aliphatic heterocycles. The third kappa shape index (κ3) is 4.58. The number of carbonyl (C=O) groups excluding carboxylic acids is 1. The zero-order valence-electron chi connectivity index (χ0n) is 11.8. The zero-order chi connectivity index (χ0) is 15.2. The van der Waals surface area contributed by atoms with Gasteiger partial charge in [0.15, 0.2) is 10.9 Å². The summed E-state index contributed by atoms with van der Waals surface area (Å²) in [6, 6.07) is 15.3. The van der Waals surface area contributed by atoms with Crippen molar-refractivity contribution in [2.45, 2.75) is 11.8 Å². The van der Waals surface area contributed by atoms with Gasteiger partial charge in [0.25, 0.3) is 0 Å². The van der Waals surface area contributed by atoms with E-state index in [4.69, 9.17) is 12.2 Å². The SMILES string of the molecule is CSc1cccc(NC(=S)Nc2cccc(C(C)=O)c2)c1. The second kappa shape index (κ2) is 7.24. The summed E-state index contributed by atoms with van der Waals surface area (Å²) < 4.78 is 0. The number of nitrogens with one attached hydrogen (secondary N) is 2. The van der Waals surface area contributed by atoms with Crippen LogP contribution in [-0.4, -0.2) is 17.2 Å². The molecule has 0 radical (unpaired) electrons. The molecule has 2 rings (SSSR count). The Bertz CT molecular complexity index is 671. The Morgan fingerprint density at radius 1 is 1.05 bits per heavy atom. The summed E-state index contributed by atoms with van der Waals surface area (Å²) in [6.45, 7) is 1.55. The van der Waals surface area contributed by atoms with Gasteiger partial charge in [0.05, 0.1) is 0 Å². The van der Waals surface area contributed by atoms with Crippen LogP contribution in [0.4, 0.5) is 11.4 Å². The Labute approximate surface area is 134 Å². The summed E-state index contributed by atoms with van der Waals surface area (Å²) >= 11 is 6.97. The van der Waals surface area contributed by atoms with Crippen molar-refractivity contribution in [3.63, 3.8) is 0 Å². The molecule has 0 saturated heterocycles. The maximum absolute atomic E-state index is 11.4. The fourth-order valence-corrected chi connectivity index (χ4v) is 2.51. The van der Waals surface area contributed by atoms with Crippen LogP contribution in [-0.2, 0) is 0 Å². The van der Waals surface area contributed by atoms with Gasteiger partial charge in [0.1, 0.15) is 0 Å². The topological polar surface area (TPSA) is 41.1 Å². The van der Waals surface area contributed by atoms with E-state index < -0.39 is 0 Å². The first-order valence-electron chi connectivity index (χ1n) is 6.41. The number of hydrogen-bond acceptors (Lipinski definition) is 3. The minimum absolute atomic E-state index is 0.0326. The van der Waals surface area contributed by atoms with E-state index in [0.29, 0.717) is 10.7 Å². The van der Waals surface area contributed by atoms with Crippen molar-refractivity contribution in [2.75, 3.05) is 16.9 Å². The molecule has 0 atom stereocenters. The van der Waals surface area contributed by atoms with Crippen LogP contribution in [0, 0.1) is 0 Å². The summed E-state index contributed by atoms with van der Waals surface area (Å²) in [4.78, 5) is 12.5. The van der Waals surface area contributed by atoms with E-state index in [0.717, 1.165) is 11.4 Å². The average molecular weight is 316 g/mol. The van der Waals surface area contributed by atoms with Gasteiger partial charge < -0.3 is 10.6 Å². The number of anilines is 2. The molecule has 0 saturated carbocycles. The Hall–Kier alpha value is -1.85. The number of thioether (sulfide) groups is 1. The molecule has 2 N–H and O–H groups in total. The molecule has 0 unspecified atom stereocenters. The molecule has 108 valence electrons. The first-order valence-corrected chi connectivity index (χ1v) is 8.05. The van der Waals surface area contributed by atoms with Gasteiger partial charge in [0.2, 0.25) is 0 Å². The molecule has 0 fully saturated rings. The highest BCUT2D eigenvalue weighted by atomic mass is 32.2. The number of benzene rings is 2. The van der Waals surface area contributed by atoms with Gasteiger partial charge in [-0.25, -0.2) is 0 Å². The fourth-order valence-electron chi connectivity index (χ4n) is 1.81. The van der Waals surface area contributed by atoms with Crippen LogP contribution in [0.2, 0.25) is 0 Å². The third-order valence-corrected chi connectivity index (χ3v) is 3.78. The molecular formula is C16H16N2OS2. The first-order chi connectivity index (χ1) is 10.1. The van der Waals surface area contributed by atoms with Crippen molar-refractivity contribution in [3.8, 4) is 0 Å². The lowest BCUT2D eigenvalue weighted by atomic mass is 10.1. The van der Waals surface area contributed by atoms with Gasteiger partial charge in [-0.15, -0.1) is 11.8 Å². The van der Waals surface area contributed by atoms with E-state index in [2.05, 4.69) is 10.6 Å². The predicted octanol–water partition coefficient (Wildman–Crippen LogP) is 4.42. The van der Waals surface area contributed by atoms with Crippen molar-refractivity contribution >= 4 is 46.3 Å². The molecule has 0 aliphatic carbocycles. The van der Waals surface area contributed by atoms with Crippen molar-refractivity contribution in [1.29, 1.82) is 0 Å². The van der Waals surface area contributed by atoms with Crippen molar-refractivity contribution in [1.82, 2.24) is 0 Å². The van der Waals surface area contributed by atoms with Crippen LogP contribution in [0.25, 0.3) is 0 Å². The smallest absolute Gasteiger partial charge is 0.175 e. The molecule has 0 aromatic heterocycles. The molecule has 21 heavy (non-hydrogen) atoms. The lowest BCUT2D eigenvalue weighted by Gasteiger charge is -2.11. The zero-order valence-corrected chi connectivity index (χ0v) is 13.5. The van der Waals surface area contributed by atoms with Crippen LogP contribution < -0.4 is 10.6 Å². The first kappa shape index (κ1) is 15.5. The molecule has 0 aliphatic rings. The summed E-state index contributed by atoms with van der Waals surface area (Å²) in [5.41, 5.74) is 2.38. The van der Waals surface area contributed by atoms with Crippen molar-refractivity contribution in [3.05, 3.63) is 54.1 Å². The maximum atomic E-state index is 11.4. The number of ketones is 1. The highest BCUT2D eigenvalue weighted by molar-refractivity contribution is 7.98. The summed E-state index contributed by atoms with van der Waals surface area (Å²) in [6.07, 6.45) is 2.03. The molecule has 3 nitrogen and oxygen atoms in total. The van der Waals surface area contributed by atoms with E-state index in [1.807, 2.05) is 42.7 Å². The highest BCUT2D eigenvalue weighted by Crippen LogP contribution is 2.19. The van der Waals surface area contributed by atoms with Crippen LogP contribution >= 0.6 is 24.0 Å². The van der Waals surface area contributed by atoms with Gasteiger partial charge in [0, 0.05) is 21.8 Å². The number of hydrogen-bond donors (Lipinski definition) is 2. The Balaban J connectivity index is 2.04. The quantitative estimate of drug-likeness (QED) is 0.496. The van der Waals surface area contributed by atoms with Gasteiger partial charge in [-0.3, -0.25) is 4.79 Å². The minimum Gasteiger partial charge on any atom is -0.332 e. The van der Waals surface area contributed by atoms with Gasteiger partial charge >= 0.3 is 0 Å². The largest absolute Gasteiger partial charge is 0.332 e. The minimum atomic E-state index is 0.0326. The molecule has 0 spiro atoms. The molecule has 2 aromatic carbocycles. The van der Waals surface area contributed by atoms with Crippen molar-refractivity contribution in [2.24, 2.45) is 0 Å². The average Bonchev–Trinajstić information content (AvgIpc) is 2.47. The Kier molecular flexibility index (Phi) is 5.36. The highest BCUT2D eigenvalue weighted by Gasteiger charge is 2.03. The third-order valence-electron chi connectivity index (χ3n) is 2.85. The molecule has 0 heterocycles. The van der Waals surface area contributed by atoms with E-state index in [1.165, 1.54) is 4.90 Å². The predicted molar refractivity (Wildman–Crippen MR) is 94.5 cm³/mol. The second-order valence-electron chi connectivity index (χ2n) is 4.45. The molecule has 2 aromatic rings. The van der Waals surface area contributed by atoms with E-state index in [9.17, 15) is 4.79 Å². The van der Waals surface area contributed by atoms with E-state index in [1.54, 1.807) is 30.8 Å². The van der Waals surface area contributed by atoms with Gasteiger partial charge in [-0.2, -0.15) is 0 Å². The molecule has 5 heteroatoms. The van der Waals surface area contributed by atoms with E-state index in [-0.39, 0.29) is 5.78 Å². The number of thiocarbonyl (C=S) groups is 1. The maximum Gasteiger partial charge on any atom is 0.175 e. The van der Waals surface area contributed by atoms with Gasteiger partial charge in [-0.1, -0.05) is 18.2 Å². The summed E-state index contributed by atoms with van der Waals surface area (Å²) in [7, 11) is 0. The summed E-state index contributed by atoms with van der Waals surface area (Å²) in [5, 5.41) is 6.71. The van der Waals surface area contributed by atoms with E-state index >= 15 is 0 Å². The standard InChI is InChI=1S/C16H16N2OS2/c1-11(19)12-5-3-6-13(9-12)17-16(20)18-14-7-4-8-15(10-14)21-2/h3-10H,1-2H3,(H2,17,18,20). The molecular weight excluding hydrogens is 300 g/mol. The van der Waals surface area contributed by atoms with Crippen LogP contribution in [0.3, 0.4) is 0 Å². The second-order valence-corrected chi connectivity index (χ2v) is 5.74. The van der Waals surface area contributed by atoms with Crippen LogP contribution in [0.5, 0.6) is 0 Å². The lowest BCUT2D eigenvalue weighted by Crippen LogP contribution is -2.19. The number of rotatable bonds is 4. The normalized spacial score (nSPS) is 10.0. The van der Waals surface area contributed by atoms with Crippen LogP contribution in [0.15, 0.2) is 53.4 Å². The van der Waals surface area contributed by atoms with Gasteiger partial charge in [-0.05, 0) is 55.7 Å². The van der Waals surface area contributed by atoms with Crippen molar-refractivity contribution < 1.29 is 4.79 Å². The Morgan fingerprint density at radius 3 is 2.29 bits per heavy atom. The molecule has 0 amide bonds.